The lowest BCUT2D eigenvalue weighted by Crippen LogP contribution is -2.40. The zero-order valence-corrected chi connectivity index (χ0v) is 14.5. The summed E-state index contributed by atoms with van der Waals surface area (Å²) in [7, 11) is 0. The number of benzene rings is 1. The Bertz CT molecular complexity index is 836. The average Bonchev–Trinajstić information content (AvgIpc) is 2.91. The molecule has 2 aliphatic rings. The molecule has 0 bridgehead atoms. The number of aryl methyl sites for hydroxylation is 1. The first-order chi connectivity index (χ1) is 11.5. The molecule has 1 aromatic carbocycles. The molecule has 2 unspecified atom stereocenters. The molecule has 0 N–H and O–H groups in total. The average molecular weight is 324 g/mol. The van der Waals surface area contributed by atoms with Gasteiger partial charge in [-0.1, -0.05) is 6.92 Å². The van der Waals surface area contributed by atoms with Crippen LogP contribution in [0.4, 0.5) is 0 Å². The first-order valence-corrected chi connectivity index (χ1v) is 9.09. The number of hydrogen-bond acceptors (Lipinski definition) is 3. The van der Waals surface area contributed by atoms with Gasteiger partial charge in [0.15, 0.2) is 0 Å². The first-order valence-electron chi connectivity index (χ1n) is 9.09. The van der Waals surface area contributed by atoms with Crippen LogP contribution in [0.25, 0.3) is 10.9 Å². The fourth-order valence-corrected chi connectivity index (χ4v) is 5.11. The van der Waals surface area contributed by atoms with Gasteiger partial charge >= 0.3 is 0 Å². The van der Waals surface area contributed by atoms with Crippen LogP contribution in [0.1, 0.15) is 68.3 Å². The maximum absolute atomic E-state index is 12.0. The Hall–Kier alpha value is -1.97. The molecule has 4 heteroatoms. The smallest absolute Gasteiger partial charge is 0.244 e. The molecule has 0 amide bonds. The normalized spacial score (nSPS) is 26.8. The van der Waals surface area contributed by atoms with Crippen molar-refractivity contribution >= 4 is 22.6 Å². The van der Waals surface area contributed by atoms with Crippen LogP contribution in [0.5, 0.6) is 0 Å². The van der Waals surface area contributed by atoms with E-state index in [1.165, 1.54) is 15.8 Å². The molecular weight excluding hydrogens is 300 g/mol. The molecule has 4 rings (SSSR count). The second-order valence-electron chi connectivity index (χ2n) is 7.49. The van der Waals surface area contributed by atoms with Crippen LogP contribution in [0, 0.1) is 5.92 Å². The van der Waals surface area contributed by atoms with E-state index in [0.717, 1.165) is 49.4 Å². The Morgan fingerprint density at radius 1 is 1.38 bits per heavy atom. The summed E-state index contributed by atoms with van der Waals surface area (Å²) in [6.07, 6.45) is 8.55. The van der Waals surface area contributed by atoms with Gasteiger partial charge in [0.05, 0.1) is 11.7 Å². The quantitative estimate of drug-likeness (QED) is 0.795. The topological polar surface area (TPSA) is 52.0 Å². The molecular formula is C20H24N2O2. The van der Waals surface area contributed by atoms with Crippen LogP contribution >= 0.6 is 0 Å². The van der Waals surface area contributed by atoms with Crippen molar-refractivity contribution in [3.63, 3.8) is 0 Å². The molecule has 4 nitrogen and oxygen atoms in total. The van der Waals surface area contributed by atoms with E-state index in [1.807, 2.05) is 0 Å². The summed E-state index contributed by atoms with van der Waals surface area (Å²) in [5.41, 5.74) is 3.80. The van der Waals surface area contributed by atoms with Crippen molar-refractivity contribution in [1.82, 2.24) is 9.78 Å². The van der Waals surface area contributed by atoms with Crippen LogP contribution in [-0.4, -0.2) is 21.5 Å². The summed E-state index contributed by atoms with van der Waals surface area (Å²) >= 11 is 0. The van der Waals surface area contributed by atoms with Crippen molar-refractivity contribution < 1.29 is 9.59 Å². The van der Waals surface area contributed by atoms with Gasteiger partial charge in [-0.2, -0.15) is 5.10 Å². The van der Waals surface area contributed by atoms with Crippen LogP contribution in [0.2, 0.25) is 0 Å². The molecule has 1 saturated carbocycles. The number of Topliss-reactive ketones (excluding diaryl/α,β-unsaturated/α-hetero) is 1. The molecule has 0 spiro atoms. The molecule has 0 saturated heterocycles. The van der Waals surface area contributed by atoms with Gasteiger partial charge in [-0.15, -0.1) is 0 Å². The predicted molar refractivity (Wildman–Crippen MR) is 93.3 cm³/mol. The van der Waals surface area contributed by atoms with Crippen LogP contribution in [0.15, 0.2) is 18.3 Å². The monoisotopic (exact) mass is 324 g/mol. The summed E-state index contributed by atoms with van der Waals surface area (Å²) < 4.78 is 1.50. The highest BCUT2D eigenvalue weighted by Gasteiger charge is 2.45. The van der Waals surface area contributed by atoms with Gasteiger partial charge in [-0.05, 0) is 66.7 Å². The third kappa shape index (κ3) is 2.15. The van der Waals surface area contributed by atoms with Gasteiger partial charge in [0.25, 0.3) is 0 Å². The third-order valence-electron chi connectivity index (χ3n) is 6.36. The van der Waals surface area contributed by atoms with E-state index in [-0.39, 0.29) is 11.3 Å². The number of carbonyl (C=O) groups excluding carboxylic acids is 2. The standard InChI is InChI=1S/C20H24N2O2/c1-3-20-8-7-17(24)11-16(20)6-4-5-14-10-19-15(9-18(14)20)12-21-22(19)13(2)23/h9-10,12,16H,3-8,11H2,1-2H3. The minimum atomic E-state index is -0.0510. The maximum atomic E-state index is 12.0. The minimum absolute atomic E-state index is 0.0510. The third-order valence-corrected chi connectivity index (χ3v) is 6.36. The SMILES string of the molecule is CCC12CCC(=O)CC1CCCc1cc3c(cnn3C(C)=O)cc12. The van der Waals surface area contributed by atoms with E-state index in [2.05, 4.69) is 24.2 Å². The second kappa shape index (κ2) is 5.54. The Morgan fingerprint density at radius 2 is 2.21 bits per heavy atom. The van der Waals surface area contributed by atoms with Crippen molar-refractivity contribution in [2.45, 2.75) is 64.2 Å². The maximum Gasteiger partial charge on any atom is 0.244 e. The van der Waals surface area contributed by atoms with E-state index in [4.69, 9.17) is 0 Å². The highest BCUT2D eigenvalue weighted by atomic mass is 16.2. The molecule has 1 heterocycles. The van der Waals surface area contributed by atoms with Crippen LogP contribution < -0.4 is 0 Å². The van der Waals surface area contributed by atoms with E-state index >= 15 is 0 Å². The van der Waals surface area contributed by atoms with Crippen molar-refractivity contribution in [1.29, 1.82) is 0 Å². The van der Waals surface area contributed by atoms with Crippen molar-refractivity contribution in [2.24, 2.45) is 5.92 Å². The number of ketones is 1. The Kier molecular flexibility index (Phi) is 3.59. The summed E-state index contributed by atoms with van der Waals surface area (Å²) in [4.78, 5) is 23.8. The van der Waals surface area contributed by atoms with Gasteiger partial charge in [-0.3, -0.25) is 9.59 Å². The number of rotatable bonds is 1. The van der Waals surface area contributed by atoms with E-state index < -0.39 is 0 Å². The lowest BCUT2D eigenvalue weighted by atomic mass is 9.60. The predicted octanol–water partition coefficient (Wildman–Crippen LogP) is 4.05. The van der Waals surface area contributed by atoms with E-state index in [1.54, 1.807) is 13.1 Å². The zero-order valence-electron chi connectivity index (χ0n) is 14.5. The summed E-state index contributed by atoms with van der Waals surface area (Å²) in [6.45, 7) is 3.81. The number of fused-ring (bicyclic) bond motifs is 4. The number of aromatic nitrogens is 2. The lowest BCUT2D eigenvalue weighted by molar-refractivity contribution is -0.123. The molecule has 2 aliphatic carbocycles. The largest absolute Gasteiger partial charge is 0.300 e. The summed E-state index contributed by atoms with van der Waals surface area (Å²) in [5, 5.41) is 5.30. The molecule has 1 aromatic heterocycles. The minimum Gasteiger partial charge on any atom is -0.300 e. The highest BCUT2D eigenvalue weighted by Crippen LogP contribution is 2.51. The van der Waals surface area contributed by atoms with Crippen molar-refractivity contribution in [3.05, 3.63) is 29.5 Å². The molecule has 2 aromatic rings. The molecule has 0 radical (unpaired) electrons. The summed E-state index contributed by atoms with van der Waals surface area (Å²) in [5.74, 6) is 0.841. The molecule has 2 atom stereocenters. The van der Waals surface area contributed by atoms with Crippen molar-refractivity contribution in [3.8, 4) is 0 Å². The fourth-order valence-electron chi connectivity index (χ4n) is 5.11. The number of nitrogens with zero attached hydrogens (tertiary/aromatic N) is 2. The lowest BCUT2D eigenvalue weighted by Gasteiger charge is -2.43. The van der Waals surface area contributed by atoms with Gasteiger partial charge < -0.3 is 0 Å². The Balaban J connectivity index is 1.93. The zero-order chi connectivity index (χ0) is 16.9. The fraction of sp³-hybridized carbons (Fsp3) is 0.550. The molecule has 1 fully saturated rings. The van der Waals surface area contributed by atoms with E-state index in [9.17, 15) is 9.59 Å². The summed E-state index contributed by atoms with van der Waals surface area (Å²) in [6, 6.07) is 4.43. The molecule has 0 aliphatic heterocycles. The molecule has 24 heavy (non-hydrogen) atoms. The van der Waals surface area contributed by atoms with Gasteiger partial charge in [0.1, 0.15) is 5.78 Å². The van der Waals surface area contributed by atoms with Gasteiger partial charge in [-0.25, -0.2) is 4.68 Å². The number of hydrogen-bond donors (Lipinski definition) is 0. The highest BCUT2D eigenvalue weighted by molar-refractivity contribution is 5.91. The Labute approximate surface area is 142 Å². The van der Waals surface area contributed by atoms with Crippen LogP contribution in [0.3, 0.4) is 0 Å². The first kappa shape index (κ1) is 15.6. The second-order valence-corrected chi connectivity index (χ2v) is 7.49. The van der Waals surface area contributed by atoms with E-state index in [0.29, 0.717) is 18.1 Å². The van der Waals surface area contributed by atoms with Crippen molar-refractivity contribution in [2.75, 3.05) is 0 Å². The number of carbonyl (C=O) groups is 2. The Morgan fingerprint density at radius 3 is 2.96 bits per heavy atom. The van der Waals surface area contributed by atoms with Crippen LogP contribution in [-0.2, 0) is 16.6 Å². The van der Waals surface area contributed by atoms with Gasteiger partial charge in [0, 0.05) is 25.2 Å². The van der Waals surface area contributed by atoms with Gasteiger partial charge in [0.2, 0.25) is 5.91 Å². The molecule has 126 valence electrons.